The Kier molecular flexibility index (Phi) is 4.58. The number of rotatable bonds is 5. The van der Waals surface area contributed by atoms with E-state index in [4.69, 9.17) is 9.84 Å². The van der Waals surface area contributed by atoms with E-state index in [9.17, 15) is 22.8 Å². The molecule has 1 aromatic carbocycles. The first-order valence-electron chi connectivity index (χ1n) is 6.58. The van der Waals surface area contributed by atoms with Gasteiger partial charge < -0.3 is 15.2 Å². The molecule has 1 aliphatic carbocycles. The number of halogens is 3. The van der Waals surface area contributed by atoms with E-state index in [1.165, 1.54) is 12.1 Å². The predicted octanol–water partition coefficient (Wildman–Crippen LogP) is 2.06. The summed E-state index contributed by atoms with van der Waals surface area (Å²) < 4.78 is 43.1. The van der Waals surface area contributed by atoms with Gasteiger partial charge in [0.15, 0.2) is 6.61 Å². The fourth-order valence-electron chi connectivity index (χ4n) is 2.18. The molecule has 0 aliphatic heterocycles. The number of alkyl halides is 3. The first-order valence-corrected chi connectivity index (χ1v) is 6.58. The third-order valence-electron chi connectivity index (χ3n) is 3.40. The van der Waals surface area contributed by atoms with E-state index in [1.807, 2.05) is 0 Å². The van der Waals surface area contributed by atoms with Crippen molar-refractivity contribution in [3.05, 3.63) is 29.8 Å². The normalized spacial score (nSPS) is 20.9. The Morgan fingerprint density at radius 3 is 2.50 bits per heavy atom. The molecular weight excluding hydrogens is 303 g/mol. The Balaban J connectivity index is 1.84. The molecule has 0 aromatic heterocycles. The Morgan fingerprint density at radius 2 is 1.91 bits per heavy atom. The number of aliphatic carboxylic acids is 1. The summed E-state index contributed by atoms with van der Waals surface area (Å²) >= 11 is 0. The molecule has 5 nitrogen and oxygen atoms in total. The van der Waals surface area contributed by atoms with Gasteiger partial charge in [0.1, 0.15) is 5.75 Å². The van der Waals surface area contributed by atoms with Gasteiger partial charge in [-0.05, 0) is 25.0 Å². The maximum absolute atomic E-state index is 12.7. The second-order valence-corrected chi connectivity index (χ2v) is 5.05. The third-order valence-corrected chi connectivity index (χ3v) is 3.40. The number of amides is 1. The number of nitrogens with one attached hydrogen (secondary N) is 1. The van der Waals surface area contributed by atoms with Gasteiger partial charge in [0.05, 0.1) is 11.5 Å². The number of carbonyl (C=O) groups excluding carboxylic acids is 1. The molecule has 0 heterocycles. The minimum atomic E-state index is -4.56. The van der Waals surface area contributed by atoms with Crippen molar-refractivity contribution in [2.24, 2.45) is 5.92 Å². The zero-order valence-electron chi connectivity index (χ0n) is 11.4. The number of benzene rings is 1. The molecule has 2 rings (SSSR count). The average molecular weight is 317 g/mol. The van der Waals surface area contributed by atoms with E-state index < -0.39 is 41.9 Å². The number of ether oxygens (including phenoxy) is 1. The molecule has 0 radical (unpaired) electrons. The zero-order valence-corrected chi connectivity index (χ0v) is 11.4. The van der Waals surface area contributed by atoms with Crippen LogP contribution >= 0.6 is 0 Å². The maximum Gasteiger partial charge on any atom is 0.419 e. The fraction of sp³-hybridized carbons (Fsp3) is 0.429. The second kappa shape index (κ2) is 6.25. The molecule has 1 aliphatic rings. The predicted molar refractivity (Wildman–Crippen MR) is 69.2 cm³/mol. The van der Waals surface area contributed by atoms with Crippen LogP contribution in [0.3, 0.4) is 0 Å². The minimum Gasteiger partial charge on any atom is -0.483 e. The molecule has 0 bridgehead atoms. The smallest absolute Gasteiger partial charge is 0.419 e. The first-order chi connectivity index (χ1) is 10.3. The molecule has 0 atom stereocenters. The highest BCUT2D eigenvalue weighted by Crippen LogP contribution is 2.35. The van der Waals surface area contributed by atoms with E-state index in [0.29, 0.717) is 12.8 Å². The van der Waals surface area contributed by atoms with E-state index in [2.05, 4.69) is 5.32 Å². The summed E-state index contributed by atoms with van der Waals surface area (Å²) in [4.78, 5) is 22.2. The summed E-state index contributed by atoms with van der Waals surface area (Å²) in [5.41, 5.74) is -0.947. The van der Waals surface area contributed by atoms with Crippen molar-refractivity contribution >= 4 is 11.9 Å². The number of hydrogen-bond acceptors (Lipinski definition) is 3. The van der Waals surface area contributed by atoms with Gasteiger partial charge >= 0.3 is 12.1 Å². The van der Waals surface area contributed by atoms with Crippen molar-refractivity contribution < 1.29 is 32.6 Å². The lowest BCUT2D eigenvalue weighted by molar-refractivity contribution is -0.146. The van der Waals surface area contributed by atoms with Gasteiger partial charge in [-0.1, -0.05) is 12.1 Å². The lowest BCUT2D eigenvalue weighted by Gasteiger charge is -2.32. The molecule has 0 spiro atoms. The molecule has 8 heteroatoms. The number of carboxylic acids is 1. The number of para-hydroxylation sites is 1. The van der Waals surface area contributed by atoms with Crippen LogP contribution in [0.4, 0.5) is 13.2 Å². The monoisotopic (exact) mass is 317 g/mol. The summed E-state index contributed by atoms with van der Waals surface area (Å²) in [6, 6.07) is 4.36. The van der Waals surface area contributed by atoms with E-state index in [-0.39, 0.29) is 6.04 Å². The van der Waals surface area contributed by atoms with Crippen LogP contribution in [0.25, 0.3) is 0 Å². The van der Waals surface area contributed by atoms with Gasteiger partial charge in [-0.15, -0.1) is 0 Å². The molecule has 120 valence electrons. The van der Waals surface area contributed by atoms with Crippen LogP contribution in [0.2, 0.25) is 0 Å². The highest BCUT2D eigenvalue weighted by atomic mass is 19.4. The highest BCUT2D eigenvalue weighted by molar-refractivity contribution is 5.78. The zero-order chi connectivity index (χ0) is 16.3. The van der Waals surface area contributed by atoms with Crippen LogP contribution in [0.5, 0.6) is 5.75 Å². The summed E-state index contributed by atoms with van der Waals surface area (Å²) in [7, 11) is 0. The molecule has 1 amide bonds. The topological polar surface area (TPSA) is 75.6 Å². The van der Waals surface area contributed by atoms with Gasteiger partial charge in [0.2, 0.25) is 0 Å². The molecule has 0 unspecified atom stereocenters. The molecule has 1 aromatic rings. The Hall–Kier alpha value is -2.25. The highest BCUT2D eigenvalue weighted by Gasteiger charge is 2.36. The van der Waals surface area contributed by atoms with Crippen LogP contribution in [-0.4, -0.2) is 29.6 Å². The standard InChI is InChI=1S/C14H14F3NO4/c15-14(16,17)10-3-1-2-4-11(10)22-7-12(19)18-9-5-8(6-9)13(20)21/h1-4,8-9H,5-7H2,(H,18,19)(H,20,21). The van der Waals surface area contributed by atoms with Gasteiger partial charge in [-0.3, -0.25) is 9.59 Å². The van der Waals surface area contributed by atoms with Crippen LogP contribution in [0.1, 0.15) is 18.4 Å². The number of hydrogen-bond donors (Lipinski definition) is 2. The molecule has 2 N–H and O–H groups in total. The van der Waals surface area contributed by atoms with Crippen molar-refractivity contribution in [1.82, 2.24) is 5.32 Å². The van der Waals surface area contributed by atoms with Crippen LogP contribution in [0, 0.1) is 5.92 Å². The number of carbonyl (C=O) groups is 2. The minimum absolute atomic E-state index is 0.268. The van der Waals surface area contributed by atoms with Crippen molar-refractivity contribution in [3.8, 4) is 5.75 Å². The lowest BCUT2D eigenvalue weighted by Crippen LogP contribution is -2.48. The van der Waals surface area contributed by atoms with Gasteiger partial charge in [0, 0.05) is 6.04 Å². The molecule has 1 fully saturated rings. The second-order valence-electron chi connectivity index (χ2n) is 5.05. The van der Waals surface area contributed by atoms with Gasteiger partial charge in [-0.2, -0.15) is 13.2 Å². The van der Waals surface area contributed by atoms with Crippen molar-refractivity contribution in [2.75, 3.05) is 6.61 Å². The first kappa shape index (κ1) is 16.1. The van der Waals surface area contributed by atoms with Crippen molar-refractivity contribution in [1.29, 1.82) is 0 Å². The number of carboxylic acid groups (broad SMARTS) is 1. The van der Waals surface area contributed by atoms with Gasteiger partial charge in [-0.25, -0.2) is 0 Å². The largest absolute Gasteiger partial charge is 0.483 e. The molecule has 1 saturated carbocycles. The summed E-state index contributed by atoms with van der Waals surface area (Å²) in [5.74, 6) is -2.38. The molecule has 22 heavy (non-hydrogen) atoms. The molecular formula is C14H14F3NO4. The lowest BCUT2D eigenvalue weighted by atomic mass is 9.80. The molecule has 0 saturated heterocycles. The van der Waals surface area contributed by atoms with E-state index >= 15 is 0 Å². The Labute approximate surface area is 124 Å². The summed E-state index contributed by atoms with van der Waals surface area (Å²) in [6.45, 7) is -0.554. The third kappa shape index (κ3) is 3.90. The quantitative estimate of drug-likeness (QED) is 0.872. The van der Waals surface area contributed by atoms with Crippen LogP contribution in [0.15, 0.2) is 24.3 Å². The SMILES string of the molecule is O=C(COc1ccccc1C(F)(F)F)NC1CC(C(=O)O)C1. The maximum atomic E-state index is 12.7. The Morgan fingerprint density at radius 1 is 1.27 bits per heavy atom. The van der Waals surface area contributed by atoms with Crippen LogP contribution in [-0.2, 0) is 15.8 Å². The van der Waals surface area contributed by atoms with Crippen molar-refractivity contribution in [2.45, 2.75) is 25.1 Å². The van der Waals surface area contributed by atoms with Crippen LogP contribution < -0.4 is 10.1 Å². The summed E-state index contributed by atoms with van der Waals surface area (Å²) in [6.07, 6.45) is -3.92. The van der Waals surface area contributed by atoms with E-state index in [0.717, 1.165) is 12.1 Å². The summed E-state index contributed by atoms with van der Waals surface area (Å²) in [5, 5.41) is 11.2. The Bertz CT molecular complexity index is 567. The van der Waals surface area contributed by atoms with E-state index in [1.54, 1.807) is 0 Å². The van der Waals surface area contributed by atoms with Gasteiger partial charge in [0.25, 0.3) is 5.91 Å². The fourth-order valence-corrected chi connectivity index (χ4v) is 2.18. The average Bonchev–Trinajstić information content (AvgIpc) is 2.39. The van der Waals surface area contributed by atoms with Crippen molar-refractivity contribution in [3.63, 3.8) is 0 Å².